The summed E-state index contributed by atoms with van der Waals surface area (Å²) in [6.07, 6.45) is 2.29. The van der Waals surface area contributed by atoms with Gasteiger partial charge < -0.3 is 5.32 Å². The van der Waals surface area contributed by atoms with Gasteiger partial charge in [-0.15, -0.1) is 0 Å². The van der Waals surface area contributed by atoms with E-state index < -0.39 is 0 Å². The van der Waals surface area contributed by atoms with Crippen molar-refractivity contribution >= 4 is 29.6 Å². The van der Waals surface area contributed by atoms with Crippen molar-refractivity contribution in [1.29, 1.82) is 0 Å². The third-order valence-electron chi connectivity index (χ3n) is 3.61. The second-order valence-electron chi connectivity index (χ2n) is 5.23. The van der Waals surface area contributed by atoms with Gasteiger partial charge in [-0.3, -0.25) is 9.69 Å². The molecular weight excluding hydrogens is 312 g/mol. The van der Waals surface area contributed by atoms with Gasteiger partial charge >= 0.3 is 6.03 Å². The molecule has 0 bridgehead atoms. The molecule has 116 valence electrons. The van der Waals surface area contributed by atoms with Gasteiger partial charge in [0.05, 0.1) is 0 Å². The molecule has 0 saturated carbocycles. The van der Waals surface area contributed by atoms with E-state index in [2.05, 4.69) is 5.32 Å². The summed E-state index contributed by atoms with van der Waals surface area (Å²) in [6, 6.07) is 16.4. The number of nitrogens with one attached hydrogen (secondary N) is 1. The van der Waals surface area contributed by atoms with Crippen LogP contribution in [-0.4, -0.2) is 23.4 Å². The summed E-state index contributed by atoms with van der Waals surface area (Å²) in [7, 11) is 0. The van der Waals surface area contributed by atoms with E-state index in [1.54, 1.807) is 30.3 Å². The van der Waals surface area contributed by atoms with E-state index in [0.717, 1.165) is 11.1 Å². The number of rotatable bonds is 4. The van der Waals surface area contributed by atoms with Crippen LogP contribution in [0.15, 0.2) is 60.3 Å². The number of imide groups is 1. The summed E-state index contributed by atoms with van der Waals surface area (Å²) < 4.78 is 0. The Morgan fingerprint density at radius 3 is 2.39 bits per heavy atom. The number of halogens is 1. The first kappa shape index (κ1) is 15.3. The number of carbonyl (C=O) groups is 2. The molecule has 3 rings (SSSR count). The lowest BCUT2D eigenvalue weighted by Crippen LogP contribution is -2.32. The van der Waals surface area contributed by atoms with E-state index in [1.165, 1.54) is 4.90 Å². The molecule has 3 amide bonds. The maximum atomic E-state index is 12.4. The monoisotopic (exact) mass is 326 g/mol. The second-order valence-corrected chi connectivity index (χ2v) is 5.67. The fraction of sp³-hybridized carbons (Fsp3) is 0.111. The van der Waals surface area contributed by atoms with Crippen molar-refractivity contribution in [3.63, 3.8) is 0 Å². The van der Waals surface area contributed by atoms with Crippen molar-refractivity contribution in [2.24, 2.45) is 0 Å². The van der Waals surface area contributed by atoms with Crippen LogP contribution in [0.1, 0.15) is 11.1 Å². The molecule has 0 atom stereocenters. The number of nitrogens with zero attached hydrogens (tertiary/aromatic N) is 1. The quantitative estimate of drug-likeness (QED) is 0.691. The molecule has 2 aromatic carbocycles. The first-order chi connectivity index (χ1) is 11.1. The number of hydrogen-bond acceptors (Lipinski definition) is 2. The molecule has 1 N–H and O–H groups in total. The summed E-state index contributed by atoms with van der Waals surface area (Å²) in [5.74, 6) is -0.305. The van der Waals surface area contributed by atoms with Gasteiger partial charge in [-0.1, -0.05) is 54.1 Å². The highest BCUT2D eigenvalue weighted by Crippen LogP contribution is 2.16. The normalized spacial score (nSPS) is 16.0. The van der Waals surface area contributed by atoms with Crippen LogP contribution in [-0.2, 0) is 11.2 Å². The molecule has 1 aliphatic heterocycles. The molecule has 2 aromatic rings. The van der Waals surface area contributed by atoms with Gasteiger partial charge in [0.15, 0.2) is 0 Å². The van der Waals surface area contributed by atoms with Gasteiger partial charge in [-0.2, -0.15) is 0 Å². The number of amides is 3. The molecule has 1 saturated heterocycles. The molecule has 0 unspecified atom stereocenters. The van der Waals surface area contributed by atoms with Crippen LogP contribution in [0.3, 0.4) is 0 Å². The molecule has 5 heteroatoms. The number of urea groups is 1. The summed E-state index contributed by atoms with van der Waals surface area (Å²) >= 11 is 5.84. The van der Waals surface area contributed by atoms with Crippen LogP contribution in [0.2, 0.25) is 5.02 Å². The summed E-state index contributed by atoms with van der Waals surface area (Å²) in [5, 5.41) is 3.24. The van der Waals surface area contributed by atoms with Gasteiger partial charge in [0, 0.05) is 11.6 Å². The fourth-order valence-corrected chi connectivity index (χ4v) is 2.51. The van der Waals surface area contributed by atoms with Crippen molar-refractivity contribution in [1.82, 2.24) is 10.2 Å². The maximum Gasteiger partial charge on any atom is 0.329 e. The van der Waals surface area contributed by atoms with E-state index in [0.29, 0.717) is 18.0 Å². The van der Waals surface area contributed by atoms with Crippen LogP contribution in [0.4, 0.5) is 4.79 Å². The van der Waals surface area contributed by atoms with E-state index in [9.17, 15) is 9.59 Å². The summed E-state index contributed by atoms with van der Waals surface area (Å²) in [6.45, 7) is 0.354. The van der Waals surface area contributed by atoms with E-state index >= 15 is 0 Å². The van der Waals surface area contributed by atoms with Crippen LogP contribution in [0, 0.1) is 0 Å². The maximum absolute atomic E-state index is 12.4. The minimum atomic E-state index is -0.383. The molecule has 0 aliphatic carbocycles. The standard InChI is InChI=1S/C18H15ClN2O2/c19-15-8-6-14(7-9-15)12-16-17(22)21(18(23)20-16)11-10-13-4-2-1-3-5-13/h1-9,12H,10-11H2,(H,20,23). The van der Waals surface area contributed by atoms with Crippen LogP contribution in [0.25, 0.3) is 6.08 Å². The van der Waals surface area contributed by atoms with Gasteiger partial charge in [0.2, 0.25) is 0 Å². The van der Waals surface area contributed by atoms with Gasteiger partial charge in [-0.25, -0.2) is 4.79 Å². The number of benzene rings is 2. The van der Waals surface area contributed by atoms with Crippen molar-refractivity contribution in [2.75, 3.05) is 6.54 Å². The predicted octanol–water partition coefficient (Wildman–Crippen LogP) is 3.48. The van der Waals surface area contributed by atoms with Crippen molar-refractivity contribution in [2.45, 2.75) is 6.42 Å². The van der Waals surface area contributed by atoms with Gasteiger partial charge in [0.25, 0.3) is 5.91 Å². The Labute approximate surface area is 139 Å². The van der Waals surface area contributed by atoms with Crippen LogP contribution in [0.5, 0.6) is 0 Å². The highest BCUT2D eigenvalue weighted by atomic mass is 35.5. The molecule has 1 fully saturated rings. The lowest BCUT2D eigenvalue weighted by atomic mass is 10.1. The van der Waals surface area contributed by atoms with Crippen molar-refractivity contribution < 1.29 is 9.59 Å². The van der Waals surface area contributed by atoms with E-state index in [-0.39, 0.29) is 17.6 Å². The zero-order chi connectivity index (χ0) is 16.2. The first-order valence-corrected chi connectivity index (χ1v) is 7.65. The molecule has 23 heavy (non-hydrogen) atoms. The Hall–Kier alpha value is -2.59. The first-order valence-electron chi connectivity index (χ1n) is 7.27. The highest BCUT2D eigenvalue weighted by Gasteiger charge is 2.32. The topological polar surface area (TPSA) is 49.4 Å². The van der Waals surface area contributed by atoms with Crippen LogP contribution < -0.4 is 5.32 Å². The van der Waals surface area contributed by atoms with E-state index in [1.807, 2.05) is 30.3 Å². The Kier molecular flexibility index (Phi) is 4.44. The SMILES string of the molecule is O=C1NC(=Cc2ccc(Cl)cc2)C(=O)N1CCc1ccccc1. The smallest absolute Gasteiger partial charge is 0.303 e. The minimum Gasteiger partial charge on any atom is -0.303 e. The Morgan fingerprint density at radius 2 is 1.70 bits per heavy atom. The van der Waals surface area contributed by atoms with Gasteiger partial charge in [0.1, 0.15) is 5.70 Å². The zero-order valence-electron chi connectivity index (χ0n) is 12.3. The molecule has 0 spiro atoms. The molecule has 0 aromatic heterocycles. The molecule has 0 radical (unpaired) electrons. The highest BCUT2D eigenvalue weighted by molar-refractivity contribution is 6.30. The average molecular weight is 327 g/mol. The Morgan fingerprint density at radius 1 is 1.00 bits per heavy atom. The second kappa shape index (κ2) is 6.67. The van der Waals surface area contributed by atoms with E-state index in [4.69, 9.17) is 11.6 Å². The van der Waals surface area contributed by atoms with Crippen molar-refractivity contribution in [3.8, 4) is 0 Å². The summed E-state index contributed by atoms with van der Waals surface area (Å²) in [5.41, 5.74) is 2.18. The molecular formula is C18H15ClN2O2. The van der Waals surface area contributed by atoms with Crippen molar-refractivity contribution in [3.05, 3.63) is 76.4 Å². The average Bonchev–Trinajstić information content (AvgIpc) is 2.82. The third kappa shape index (κ3) is 3.60. The third-order valence-corrected chi connectivity index (χ3v) is 3.86. The molecule has 1 heterocycles. The Bertz CT molecular complexity index is 754. The predicted molar refractivity (Wildman–Crippen MR) is 89.8 cm³/mol. The van der Waals surface area contributed by atoms with Crippen LogP contribution >= 0.6 is 11.6 Å². The zero-order valence-corrected chi connectivity index (χ0v) is 13.1. The molecule has 4 nitrogen and oxygen atoms in total. The number of carbonyl (C=O) groups excluding carboxylic acids is 2. The van der Waals surface area contributed by atoms with Gasteiger partial charge in [-0.05, 0) is 35.8 Å². The molecule has 1 aliphatic rings. The number of hydrogen-bond donors (Lipinski definition) is 1. The fourth-order valence-electron chi connectivity index (χ4n) is 2.39. The lowest BCUT2D eigenvalue weighted by Gasteiger charge is -2.11. The largest absolute Gasteiger partial charge is 0.329 e. The Balaban J connectivity index is 1.71. The summed E-state index contributed by atoms with van der Waals surface area (Å²) in [4.78, 5) is 25.6. The lowest BCUT2D eigenvalue weighted by molar-refractivity contribution is -0.122. The minimum absolute atomic E-state index is 0.283.